The Bertz CT molecular complexity index is 1040. The molecule has 2 aromatic rings. The highest BCUT2D eigenvalue weighted by molar-refractivity contribution is 5.90. The molecule has 0 spiro atoms. The number of likely N-dealkylation sites (tertiary alicyclic amines) is 1. The summed E-state index contributed by atoms with van der Waals surface area (Å²) in [6.07, 6.45) is 5.72. The van der Waals surface area contributed by atoms with Crippen LogP contribution in [0.3, 0.4) is 0 Å². The number of hydrogen-bond acceptors (Lipinski definition) is 4. The topological polar surface area (TPSA) is 88.7 Å². The van der Waals surface area contributed by atoms with Crippen LogP contribution in [0.5, 0.6) is 0 Å². The number of fused-ring (bicyclic) bond motifs is 1. The van der Waals surface area contributed by atoms with Crippen molar-refractivity contribution in [2.75, 3.05) is 39.3 Å². The van der Waals surface area contributed by atoms with E-state index in [4.69, 9.17) is 0 Å². The highest BCUT2D eigenvalue weighted by atomic mass is 16.2. The highest BCUT2D eigenvalue weighted by Gasteiger charge is 2.31. The molecular formula is C27H39N5O3. The quantitative estimate of drug-likeness (QED) is 0.636. The fraction of sp³-hybridized carbons (Fsp3) is 0.593. The number of carbonyl (C=O) groups excluding carboxylic acids is 3. The predicted octanol–water partition coefficient (Wildman–Crippen LogP) is 2.40. The third-order valence-electron chi connectivity index (χ3n) is 7.40. The van der Waals surface area contributed by atoms with Crippen molar-refractivity contribution in [3.63, 3.8) is 0 Å². The maximum atomic E-state index is 13.5. The number of hydrogen-bond donors (Lipinski definition) is 2. The maximum Gasteiger partial charge on any atom is 0.245 e. The van der Waals surface area contributed by atoms with Crippen molar-refractivity contribution < 1.29 is 14.4 Å². The summed E-state index contributed by atoms with van der Waals surface area (Å²) < 4.78 is 0. The summed E-state index contributed by atoms with van der Waals surface area (Å²) >= 11 is 0. The number of benzene rings is 1. The Kier molecular flexibility index (Phi) is 8.11. The molecule has 190 valence electrons. The van der Waals surface area contributed by atoms with E-state index < -0.39 is 6.04 Å². The molecule has 0 bridgehead atoms. The molecule has 2 unspecified atom stereocenters. The molecule has 8 heteroatoms. The van der Waals surface area contributed by atoms with Crippen LogP contribution in [-0.4, -0.2) is 88.8 Å². The van der Waals surface area contributed by atoms with Crippen molar-refractivity contribution in [3.8, 4) is 0 Å². The van der Waals surface area contributed by atoms with E-state index in [0.29, 0.717) is 45.2 Å². The minimum atomic E-state index is -0.619. The van der Waals surface area contributed by atoms with Crippen LogP contribution in [0.2, 0.25) is 0 Å². The molecule has 0 aliphatic carbocycles. The predicted molar refractivity (Wildman–Crippen MR) is 137 cm³/mol. The summed E-state index contributed by atoms with van der Waals surface area (Å²) in [4.78, 5) is 48.2. The molecule has 35 heavy (non-hydrogen) atoms. The lowest BCUT2D eigenvalue weighted by molar-refractivity contribution is -0.140. The van der Waals surface area contributed by atoms with Gasteiger partial charge in [0, 0.05) is 68.2 Å². The lowest BCUT2D eigenvalue weighted by atomic mass is 10.0. The standard InChI is InChI=1S/C27H39N5O3/c1-19(2)26(34)29-24(16-21-17-28-23-10-5-4-9-22(21)23)27(35)31-14-12-30(13-15-31)18-25(33)32-11-7-6-8-20(32)3/h4-5,9-10,17,19-20,24,28H,6-8,11-16,18H2,1-3H3,(H,29,34). The van der Waals surface area contributed by atoms with Gasteiger partial charge in [-0.2, -0.15) is 0 Å². The minimum Gasteiger partial charge on any atom is -0.361 e. The number of piperidine rings is 1. The zero-order valence-electron chi connectivity index (χ0n) is 21.3. The van der Waals surface area contributed by atoms with Gasteiger partial charge >= 0.3 is 0 Å². The van der Waals surface area contributed by atoms with E-state index >= 15 is 0 Å². The molecule has 1 aromatic carbocycles. The first-order valence-electron chi connectivity index (χ1n) is 13.0. The van der Waals surface area contributed by atoms with Crippen LogP contribution in [0.4, 0.5) is 0 Å². The maximum absolute atomic E-state index is 13.5. The summed E-state index contributed by atoms with van der Waals surface area (Å²) in [6.45, 7) is 9.51. The molecule has 4 rings (SSSR count). The Balaban J connectivity index is 1.38. The van der Waals surface area contributed by atoms with Crippen molar-refractivity contribution in [2.45, 2.75) is 58.5 Å². The second-order valence-corrected chi connectivity index (χ2v) is 10.3. The molecule has 3 amide bonds. The normalized spacial score (nSPS) is 20.3. The Labute approximate surface area is 208 Å². The van der Waals surface area contributed by atoms with Crippen molar-refractivity contribution in [1.82, 2.24) is 25.0 Å². The van der Waals surface area contributed by atoms with Crippen molar-refractivity contribution in [3.05, 3.63) is 36.0 Å². The second-order valence-electron chi connectivity index (χ2n) is 10.3. The Hall–Kier alpha value is -2.87. The fourth-order valence-corrected chi connectivity index (χ4v) is 5.16. The summed E-state index contributed by atoms with van der Waals surface area (Å²) in [7, 11) is 0. The highest BCUT2D eigenvalue weighted by Crippen LogP contribution is 2.21. The molecule has 0 radical (unpaired) electrons. The van der Waals surface area contributed by atoms with Crippen LogP contribution in [0.1, 0.15) is 45.6 Å². The molecule has 2 fully saturated rings. The smallest absolute Gasteiger partial charge is 0.245 e. The molecule has 3 heterocycles. The zero-order valence-corrected chi connectivity index (χ0v) is 21.3. The second kappa shape index (κ2) is 11.2. The number of para-hydroxylation sites is 1. The molecule has 2 saturated heterocycles. The van der Waals surface area contributed by atoms with Gasteiger partial charge in [0.25, 0.3) is 0 Å². The van der Waals surface area contributed by atoms with E-state index in [1.165, 1.54) is 6.42 Å². The van der Waals surface area contributed by atoms with E-state index in [9.17, 15) is 14.4 Å². The summed E-state index contributed by atoms with van der Waals surface area (Å²) in [6, 6.07) is 7.69. The molecule has 2 N–H and O–H groups in total. The lowest BCUT2D eigenvalue weighted by Crippen LogP contribution is -2.57. The molecule has 8 nitrogen and oxygen atoms in total. The van der Waals surface area contributed by atoms with E-state index in [1.807, 2.05) is 54.1 Å². The van der Waals surface area contributed by atoms with Crippen LogP contribution in [0.15, 0.2) is 30.5 Å². The largest absolute Gasteiger partial charge is 0.361 e. The average molecular weight is 482 g/mol. The van der Waals surface area contributed by atoms with Gasteiger partial charge in [0.1, 0.15) is 6.04 Å². The van der Waals surface area contributed by atoms with E-state index in [1.54, 1.807) is 0 Å². The van der Waals surface area contributed by atoms with Gasteiger partial charge in [-0.1, -0.05) is 32.0 Å². The molecule has 2 aliphatic rings. The van der Waals surface area contributed by atoms with E-state index in [-0.39, 0.29) is 23.6 Å². The Morgan fingerprint density at radius 3 is 2.51 bits per heavy atom. The van der Waals surface area contributed by atoms with E-state index in [2.05, 4.69) is 22.1 Å². The van der Waals surface area contributed by atoms with Crippen molar-refractivity contribution in [1.29, 1.82) is 0 Å². The van der Waals surface area contributed by atoms with Gasteiger partial charge in [0.15, 0.2) is 0 Å². The average Bonchev–Trinajstić information content (AvgIpc) is 3.26. The number of aromatic nitrogens is 1. The van der Waals surface area contributed by atoms with Gasteiger partial charge in [-0.05, 0) is 37.8 Å². The molecule has 2 atom stereocenters. The lowest BCUT2D eigenvalue weighted by Gasteiger charge is -2.39. The van der Waals surface area contributed by atoms with Crippen LogP contribution in [0, 0.1) is 5.92 Å². The van der Waals surface area contributed by atoms with Crippen LogP contribution < -0.4 is 5.32 Å². The zero-order chi connectivity index (χ0) is 24.9. The first-order chi connectivity index (χ1) is 16.8. The van der Waals surface area contributed by atoms with E-state index in [0.717, 1.165) is 35.9 Å². The summed E-state index contributed by atoms with van der Waals surface area (Å²) in [5, 5.41) is 4.06. The number of rotatable bonds is 7. The number of aromatic amines is 1. The Morgan fingerprint density at radius 2 is 1.80 bits per heavy atom. The van der Waals surface area contributed by atoms with Gasteiger partial charge in [0.2, 0.25) is 17.7 Å². The number of nitrogens with zero attached hydrogens (tertiary/aromatic N) is 3. The number of carbonyl (C=O) groups is 3. The number of H-pyrrole nitrogens is 1. The van der Waals surface area contributed by atoms with Crippen LogP contribution in [-0.2, 0) is 20.8 Å². The van der Waals surface area contributed by atoms with Crippen molar-refractivity contribution in [2.24, 2.45) is 5.92 Å². The molecule has 0 saturated carbocycles. The van der Waals surface area contributed by atoms with Crippen LogP contribution in [0.25, 0.3) is 10.9 Å². The SMILES string of the molecule is CC(C)C(=O)NC(Cc1c[nH]c2ccccc12)C(=O)N1CCN(CC(=O)N2CCCCC2C)CC1. The third kappa shape index (κ3) is 6.04. The minimum absolute atomic E-state index is 0.0556. The Morgan fingerprint density at radius 1 is 1.06 bits per heavy atom. The molecule has 2 aliphatic heterocycles. The third-order valence-corrected chi connectivity index (χ3v) is 7.40. The van der Waals surface area contributed by atoms with Gasteiger partial charge < -0.3 is 20.1 Å². The van der Waals surface area contributed by atoms with Crippen molar-refractivity contribution >= 4 is 28.6 Å². The molecular weight excluding hydrogens is 442 g/mol. The van der Waals surface area contributed by atoms with Gasteiger partial charge in [-0.15, -0.1) is 0 Å². The monoisotopic (exact) mass is 481 g/mol. The number of amides is 3. The summed E-state index contributed by atoms with van der Waals surface area (Å²) in [5.41, 5.74) is 2.04. The first kappa shape index (κ1) is 25.2. The number of piperazine rings is 1. The first-order valence-corrected chi connectivity index (χ1v) is 13.0. The van der Waals surface area contributed by atoms with Crippen LogP contribution >= 0.6 is 0 Å². The summed E-state index contributed by atoms with van der Waals surface area (Å²) in [5.74, 6) is -0.185. The van der Waals surface area contributed by atoms with Gasteiger partial charge in [-0.25, -0.2) is 0 Å². The molecule has 1 aromatic heterocycles. The fourth-order valence-electron chi connectivity index (χ4n) is 5.16. The van der Waals surface area contributed by atoms with Gasteiger partial charge in [0.05, 0.1) is 6.54 Å². The van der Waals surface area contributed by atoms with Gasteiger partial charge in [-0.3, -0.25) is 19.3 Å². The number of nitrogens with one attached hydrogen (secondary N) is 2.